The van der Waals surface area contributed by atoms with Crippen molar-refractivity contribution < 1.29 is 9.53 Å². The van der Waals surface area contributed by atoms with Gasteiger partial charge in [0.05, 0.1) is 0 Å². The summed E-state index contributed by atoms with van der Waals surface area (Å²) in [6.45, 7) is 17.0. The van der Waals surface area contributed by atoms with Crippen molar-refractivity contribution in [3.63, 3.8) is 0 Å². The van der Waals surface area contributed by atoms with Crippen molar-refractivity contribution in [2.24, 2.45) is 0 Å². The summed E-state index contributed by atoms with van der Waals surface area (Å²) >= 11 is 0. The molecule has 1 rings (SSSR count). The Morgan fingerprint density at radius 2 is 1.86 bits per heavy atom. The van der Waals surface area contributed by atoms with Crippen LogP contribution in [0.2, 0.25) is 0 Å². The summed E-state index contributed by atoms with van der Waals surface area (Å²) < 4.78 is 4.54. The van der Waals surface area contributed by atoms with E-state index in [1.165, 1.54) is 32.4 Å². The molecule has 0 bridgehead atoms. The zero-order valence-corrected chi connectivity index (χ0v) is 15.2. The first-order valence-electron chi connectivity index (χ1n) is 7.81. The molecule has 1 aliphatic heterocycles. The van der Waals surface area contributed by atoms with E-state index in [1.807, 2.05) is 20.6 Å². The molecule has 1 aliphatic rings. The summed E-state index contributed by atoms with van der Waals surface area (Å²) in [5.74, 6) is 0. The minimum atomic E-state index is 0. The van der Waals surface area contributed by atoms with E-state index in [-0.39, 0.29) is 7.43 Å². The molecule has 1 N–H and O–H groups in total. The van der Waals surface area contributed by atoms with Crippen molar-refractivity contribution in [2.45, 2.75) is 66.5 Å². The van der Waals surface area contributed by atoms with Crippen molar-refractivity contribution in [3.05, 3.63) is 12.7 Å². The van der Waals surface area contributed by atoms with Gasteiger partial charge < -0.3 is 19.7 Å². The van der Waals surface area contributed by atoms with E-state index >= 15 is 0 Å². The Hall–Kier alpha value is -0.710. The van der Waals surface area contributed by atoms with Gasteiger partial charge in [0.1, 0.15) is 6.79 Å². The largest absolute Gasteiger partial charge is 0.385 e. The molecule has 1 atom stereocenters. The Morgan fingerprint density at radius 1 is 1.41 bits per heavy atom. The highest BCUT2D eigenvalue weighted by atomic mass is 16.5. The standard InChI is InChI=1S/C10H22N2.C3H8O.C3H6.CH2O.CH4/c1-9(2)12(3)8-6-10-5-4-7-11-10;1-3-4-2;1-3-2;1-2;/h9-11H,4-8H2,1-3H3;3H2,1-2H3;3H,1H2,2H3;1H2;1H4. The fraction of sp³-hybridized carbons (Fsp3) is 0.833. The number of methoxy groups -OCH3 is 1. The van der Waals surface area contributed by atoms with Crippen molar-refractivity contribution in [1.82, 2.24) is 10.2 Å². The summed E-state index contributed by atoms with van der Waals surface area (Å²) in [5, 5.41) is 3.52. The number of carbonyl (C=O) groups excluding carboxylic acids is 1. The predicted molar refractivity (Wildman–Crippen MR) is 101 cm³/mol. The van der Waals surface area contributed by atoms with Crippen molar-refractivity contribution in [2.75, 3.05) is 33.9 Å². The molecule has 4 nitrogen and oxygen atoms in total. The highest BCUT2D eigenvalue weighted by Gasteiger charge is 2.14. The Bertz CT molecular complexity index is 190. The molecule has 1 unspecified atom stereocenters. The van der Waals surface area contributed by atoms with Gasteiger partial charge in [0.15, 0.2) is 0 Å². The van der Waals surface area contributed by atoms with Crippen molar-refractivity contribution in [1.29, 1.82) is 0 Å². The second kappa shape index (κ2) is 25.3. The number of ether oxygens (including phenoxy) is 1. The van der Waals surface area contributed by atoms with Crippen LogP contribution in [0.25, 0.3) is 0 Å². The summed E-state index contributed by atoms with van der Waals surface area (Å²) in [4.78, 5) is 10.4. The van der Waals surface area contributed by atoms with E-state index in [9.17, 15) is 0 Å². The molecule has 0 radical (unpaired) electrons. The van der Waals surface area contributed by atoms with Gasteiger partial charge >= 0.3 is 0 Å². The van der Waals surface area contributed by atoms with Crippen LogP contribution < -0.4 is 5.32 Å². The molecule has 1 saturated heterocycles. The number of rotatable bonds is 5. The lowest BCUT2D eigenvalue weighted by Gasteiger charge is -2.22. The Balaban J connectivity index is -0.000000137. The van der Waals surface area contributed by atoms with Crippen LogP contribution in [0.3, 0.4) is 0 Å². The third kappa shape index (κ3) is 24.3. The average molecular weight is 319 g/mol. The Labute approximate surface area is 140 Å². The molecule has 22 heavy (non-hydrogen) atoms. The van der Waals surface area contributed by atoms with E-state index in [0.717, 1.165) is 12.6 Å². The van der Waals surface area contributed by atoms with E-state index < -0.39 is 0 Å². The SMILES string of the molecule is C.C=CC.C=O.CC(C)N(C)CCC1CCCN1.CCOC. The molecule has 0 amide bonds. The molecule has 0 spiro atoms. The van der Waals surface area contributed by atoms with Gasteiger partial charge in [0.25, 0.3) is 0 Å². The quantitative estimate of drug-likeness (QED) is 0.784. The number of nitrogens with one attached hydrogen (secondary N) is 1. The Morgan fingerprint density at radius 3 is 2.14 bits per heavy atom. The van der Waals surface area contributed by atoms with E-state index in [4.69, 9.17) is 4.79 Å². The number of hydrogen-bond acceptors (Lipinski definition) is 4. The molecule has 4 heteroatoms. The highest BCUT2D eigenvalue weighted by Crippen LogP contribution is 2.09. The molecule has 0 saturated carbocycles. The maximum absolute atomic E-state index is 8.00. The molecular weight excluding hydrogens is 276 g/mol. The minimum Gasteiger partial charge on any atom is -0.385 e. The zero-order valence-electron chi connectivity index (χ0n) is 15.2. The van der Waals surface area contributed by atoms with Crippen molar-refractivity contribution in [3.8, 4) is 0 Å². The second-order valence-electron chi connectivity index (χ2n) is 5.14. The van der Waals surface area contributed by atoms with Crippen molar-refractivity contribution >= 4 is 6.79 Å². The first-order valence-corrected chi connectivity index (χ1v) is 7.81. The van der Waals surface area contributed by atoms with Gasteiger partial charge in [0, 0.05) is 25.8 Å². The van der Waals surface area contributed by atoms with Gasteiger partial charge in [-0.05, 0) is 67.1 Å². The number of nitrogens with zero attached hydrogens (tertiary/aromatic N) is 1. The van der Waals surface area contributed by atoms with Crippen LogP contribution in [-0.4, -0.2) is 57.6 Å². The lowest BCUT2D eigenvalue weighted by atomic mass is 10.1. The molecule has 0 aliphatic carbocycles. The van der Waals surface area contributed by atoms with E-state index in [1.54, 1.807) is 13.2 Å². The normalized spacial score (nSPS) is 15.4. The fourth-order valence-corrected chi connectivity index (χ4v) is 1.62. The molecule has 1 fully saturated rings. The molecule has 0 aromatic carbocycles. The van der Waals surface area contributed by atoms with Gasteiger partial charge in [-0.2, -0.15) is 0 Å². The highest BCUT2D eigenvalue weighted by molar-refractivity contribution is 5.10. The topological polar surface area (TPSA) is 41.6 Å². The monoisotopic (exact) mass is 318 g/mol. The first-order chi connectivity index (χ1) is 10.0. The van der Waals surface area contributed by atoms with E-state index in [2.05, 4.69) is 42.4 Å². The number of hydrogen-bond donors (Lipinski definition) is 1. The minimum absolute atomic E-state index is 0. The van der Waals surface area contributed by atoms with Gasteiger partial charge in [-0.15, -0.1) is 6.58 Å². The van der Waals surface area contributed by atoms with Gasteiger partial charge in [-0.1, -0.05) is 13.5 Å². The molecule has 0 aromatic heterocycles. The fourth-order valence-electron chi connectivity index (χ4n) is 1.62. The third-order valence-electron chi connectivity index (χ3n) is 3.16. The first kappa shape index (κ1) is 29.3. The summed E-state index contributed by atoms with van der Waals surface area (Å²) in [7, 11) is 3.89. The van der Waals surface area contributed by atoms with Crippen LogP contribution in [0.5, 0.6) is 0 Å². The molecule has 1 heterocycles. The van der Waals surface area contributed by atoms with Crippen LogP contribution in [0.1, 0.15) is 54.4 Å². The van der Waals surface area contributed by atoms with Gasteiger partial charge in [-0.3, -0.25) is 0 Å². The number of allylic oxidation sites excluding steroid dienone is 1. The van der Waals surface area contributed by atoms with Crippen LogP contribution >= 0.6 is 0 Å². The maximum Gasteiger partial charge on any atom is 0.106 e. The third-order valence-corrected chi connectivity index (χ3v) is 3.16. The summed E-state index contributed by atoms with van der Waals surface area (Å²) in [5.41, 5.74) is 0. The van der Waals surface area contributed by atoms with Gasteiger partial charge in [0.2, 0.25) is 0 Å². The van der Waals surface area contributed by atoms with Crippen LogP contribution in [0.4, 0.5) is 0 Å². The van der Waals surface area contributed by atoms with Crippen LogP contribution in [0.15, 0.2) is 12.7 Å². The predicted octanol–water partition coefficient (Wildman–Crippen LogP) is 3.76. The van der Waals surface area contributed by atoms with Crippen LogP contribution in [0, 0.1) is 0 Å². The average Bonchev–Trinajstić information content (AvgIpc) is 3.01. The summed E-state index contributed by atoms with van der Waals surface area (Å²) in [6.07, 6.45) is 5.82. The summed E-state index contributed by atoms with van der Waals surface area (Å²) in [6, 6.07) is 1.48. The van der Waals surface area contributed by atoms with E-state index in [0.29, 0.717) is 6.04 Å². The lowest BCUT2D eigenvalue weighted by molar-refractivity contribution is -0.0979. The number of carbonyl (C=O) groups is 1. The molecule has 0 aromatic rings. The van der Waals surface area contributed by atoms with Gasteiger partial charge in [-0.25, -0.2) is 0 Å². The van der Waals surface area contributed by atoms with Crippen LogP contribution in [-0.2, 0) is 9.53 Å². The molecule has 136 valence electrons. The molecular formula is C18H42N2O2. The maximum atomic E-state index is 8.00. The Kier molecular flexibility index (Phi) is 33.7. The second-order valence-corrected chi connectivity index (χ2v) is 5.14. The lowest BCUT2D eigenvalue weighted by Crippen LogP contribution is -2.32. The zero-order chi connectivity index (χ0) is 17.1. The smallest absolute Gasteiger partial charge is 0.106 e.